The van der Waals surface area contributed by atoms with Crippen LogP contribution in [0.2, 0.25) is 0 Å². The zero-order valence-electron chi connectivity index (χ0n) is 9.10. The van der Waals surface area contributed by atoms with E-state index in [9.17, 15) is 4.79 Å². The molecule has 0 bridgehead atoms. The van der Waals surface area contributed by atoms with Gasteiger partial charge in [0.05, 0.1) is 0 Å². The molecule has 16 heavy (non-hydrogen) atoms. The molecule has 0 saturated carbocycles. The van der Waals surface area contributed by atoms with Gasteiger partial charge in [0.25, 0.3) is 0 Å². The summed E-state index contributed by atoms with van der Waals surface area (Å²) in [5.41, 5.74) is 2.55. The molecule has 0 aromatic heterocycles. The van der Waals surface area contributed by atoms with Crippen molar-refractivity contribution in [1.29, 1.82) is 0 Å². The summed E-state index contributed by atoms with van der Waals surface area (Å²) in [6, 6.07) is 17.3. The molecule has 0 radical (unpaired) electrons. The summed E-state index contributed by atoms with van der Waals surface area (Å²) >= 11 is 0. The van der Waals surface area contributed by atoms with Crippen LogP contribution >= 0.6 is 0 Å². The predicted octanol–water partition coefficient (Wildman–Crippen LogP) is 3.63. The minimum atomic E-state index is 0.0685. The molecule has 0 aliphatic heterocycles. The highest BCUT2D eigenvalue weighted by Crippen LogP contribution is 2.20. The molecule has 0 unspecified atom stereocenters. The first kappa shape index (κ1) is 10.4. The van der Waals surface area contributed by atoms with E-state index in [0.717, 1.165) is 11.4 Å². The lowest BCUT2D eigenvalue weighted by molar-refractivity contribution is 0.101. The summed E-state index contributed by atoms with van der Waals surface area (Å²) in [5.74, 6) is 0.0685. The van der Waals surface area contributed by atoms with Gasteiger partial charge in [0.15, 0.2) is 5.78 Å². The molecule has 0 spiro atoms. The maximum atomic E-state index is 11.4. The second-order valence-electron chi connectivity index (χ2n) is 3.59. The average molecular weight is 211 g/mol. The monoisotopic (exact) mass is 211 g/mol. The number of rotatable bonds is 3. The molecule has 0 atom stereocenters. The van der Waals surface area contributed by atoms with Crippen molar-refractivity contribution in [1.82, 2.24) is 0 Å². The van der Waals surface area contributed by atoms with Crippen LogP contribution in [-0.2, 0) is 0 Å². The molecule has 2 aromatic carbocycles. The van der Waals surface area contributed by atoms with Crippen LogP contribution in [0.15, 0.2) is 54.6 Å². The Morgan fingerprint density at radius 3 is 2.25 bits per heavy atom. The van der Waals surface area contributed by atoms with Gasteiger partial charge >= 0.3 is 0 Å². The standard InChI is InChI=1S/C14H13NO/c1-11(16)13-9-5-6-10-14(13)15-12-7-3-2-4-8-12/h2-10,15H,1H3. The SMILES string of the molecule is CC(=O)c1ccccc1Nc1ccccc1. The number of ketones is 1. The Morgan fingerprint density at radius 2 is 1.56 bits per heavy atom. The minimum Gasteiger partial charge on any atom is -0.355 e. The number of carbonyl (C=O) groups excluding carboxylic acids is 1. The largest absolute Gasteiger partial charge is 0.355 e. The van der Waals surface area contributed by atoms with Crippen LogP contribution in [0.1, 0.15) is 17.3 Å². The zero-order chi connectivity index (χ0) is 11.4. The molecule has 2 heteroatoms. The molecule has 80 valence electrons. The first-order valence-electron chi connectivity index (χ1n) is 5.19. The number of hydrogen-bond donors (Lipinski definition) is 1. The lowest BCUT2D eigenvalue weighted by Crippen LogP contribution is -1.99. The smallest absolute Gasteiger partial charge is 0.161 e. The van der Waals surface area contributed by atoms with Gasteiger partial charge in [-0.3, -0.25) is 4.79 Å². The van der Waals surface area contributed by atoms with E-state index >= 15 is 0 Å². The third kappa shape index (κ3) is 2.28. The Morgan fingerprint density at radius 1 is 0.938 bits per heavy atom. The van der Waals surface area contributed by atoms with Gasteiger partial charge in [-0.1, -0.05) is 30.3 Å². The third-order valence-corrected chi connectivity index (χ3v) is 2.36. The Bertz CT molecular complexity index is 491. The van der Waals surface area contributed by atoms with Gasteiger partial charge in [0.2, 0.25) is 0 Å². The van der Waals surface area contributed by atoms with E-state index in [0.29, 0.717) is 5.56 Å². The van der Waals surface area contributed by atoms with E-state index in [-0.39, 0.29) is 5.78 Å². The molecule has 0 fully saturated rings. The van der Waals surface area contributed by atoms with Gasteiger partial charge in [-0.25, -0.2) is 0 Å². The average Bonchev–Trinajstić information content (AvgIpc) is 2.31. The summed E-state index contributed by atoms with van der Waals surface area (Å²) < 4.78 is 0. The van der Waals surface area contributed by atoms with Crippen molar-refractivity contribution in [3.05, 3.63) is 60.2 Å². The Balaban J connectivity index is 2.31. The minimum absolute atomic E-state index is 0.0685. The van der Waals surface area contributed by atoms with Crippen molar-refractivity contribution in [3.63, 3.8) is 0 Å². The fourth-order valence-electron chi connectivity index (χ4n) is 1.58. The van der Waals surface area contributed by atoms with Gasteiger partial charge in [-0.05, 0) is 31.2 Å². The van der Waals surface area contributed by atoms with Crippen LogP contribution in [0.4, 0.5) is 11.4 Å². The molecule has 0 aliphatic carbocycles. The van der Waals surface area contributed by atoms with Crippen molar-refractivity contribution < 1.29 is 4.79 Å². The maximum Gasteiger partial charge on any atom is 0.161 e. The van der Waals surface area contributed by atoms with E-state index in [1.54, 1.807) is 6.92 Å². The first-order valence-corrected chi connectivity index (χ1v) is 5.19. The summed E-state index contributed by atoms with van der Waals surface area (Å²) in [6.07, 6.45) is 0. The molecule has 1 N–H and O–H groups in total. The highest BCUT2D eigenvalue weighted by Gasteiger charge is 2.05. The lowest BCUT2D eigenvalue weighted by Gasteiger charge is -2.09. The fraction of sp³-hybridized carbons (Fsp3) is 0.0714. The van der Waals surface area contributed by atoms with Crippen molar-refractivity contribution in [2.45, 2.75) is 6.92 Å². The number of anilines is 2. The highest BCUT2D eigenvalue weighted by atomic mass is 16.1. The Labute approximate surface area is 94.9 Å². The van der Waals surface area contributed by atoms with Gasteiger partial charge in [-0.15, -0.1) is 0 Å². The van der Waals surface area contributed by atoms with Crippen LogP contribution in [-0.4, -0.2) is 5.78 Å². The van der Waals surface area contributed by atoms with Crippen LogP contribution in [0.3, 0.4) is 0 Å². The number of Topliss-reactive ketones (excluding diaryl/α,β-unsaturated/α-hetero) is 1. The summed E-state index contributed by atoms with van der Waals surface area (Å²) in [7, 11) is 0. The van der Waals surface area contributed by atoms with Crippen LogP contribution in [0, 0.1) is 0 Å². The second kappa shape index (κ2) is 4.62. The molecule has 0 saturated heterocycles. The highest BCUT2D eigenvalue weighted by molar-refractivity contribution is 6.00. The number of carbonyl (C=O) groups is 1. The normalized spacial score (nSPS) is 9.81. The summed E-state index contributed by atoms with van der Waals surface area (Å²) in [5, 5.41) is 3.23. The quantitative estimate of drug-likeness (QED) is 0.785. The van der Waals surface area contributed by atoms with Crippen LogP contribution in [0.5, 0.6) is 0 Å². The van der Waals surface area contributed by atoms with E-state index < -0.39 is 0 Å². The van der Waals surface area contributed by atoms with Crippen molar-refractivity contribution in [2.75, 3.05) is 5.32 Å². The molecule has 2 rings (SSSR count). The van der Waals surface area contributed by atoms with Gasteiger partial charge in [-0.2, -0.15) is 0 Å². The van der Waals surface area contributed by atoms with E-state index in [1.165, 1.54) is 0 Å². The molecule has 2 nitrogen and oxygen atoms in total. The van der Waals surface area contributed by atoms with E-state index in [1.807, 2.05) is 54.6 Å². The number of para-hydroxylation sites is 2. The Hall–Kier alpha value is -2.09. The first-order chi connectivity index (χ1) is 7.77. The topological polar surface area (TPSA) is 29.1 Å². The van der Waals surface area contributed by atoms with E-state index in [4.69, 9.17) is 0 Å². The number of hydrogen-bond acceptors (Lipinski definition) is 2. The molecule has 2 aromatic rings. The van der Waals surface area contributed by atoms with E-state index in [2.05, 4.69) is 5.32 Å². The maximum absolute atomic E-state index is 11.4. The molecular formula is C14H13NO. The molecule has 0 amide bonds. The van der Waals surface area contributed by atoms with Gasteiger partial charge in [0, 0.05) is 16.9 Å². The fourth-order valence-corrected chi connectivity index (χ4v) is 1.58. The summed E-state index contributed by atoms with van der Waals surface area (Å²) in [6.45, 7) is 1.57. The van der Waals surface area contributed by atoms with Crippen molar-refractivity contribution >= 4 is 17.2 Å². The molecule has 0 heterocycles. The number of benzene rings is 2. The van der Waals surface area contributed by atoms with Crippen LogP contribution < -0.4 is 5.32 Å². The Kier molecular flexibility index (Phi) is 3.01. The second-order valence-corrected chi connectivity index (χ2v) is 3.59. The van der Waals surface area contributed by atoms with Crippen molar-refractivity contribution in [2.24, 2.45) is 0 Å². The zero-order valence-corrected chi connectivity index (χ0v) is 9.10. The number of nitrogens with one attached hydrogen (secondary N) is 1. The predicted molar refractivity (Wildman–Crippen MR) is 66.2 cm³/mol. The van der Waals surface area contributed by atoms with Crippen molar-refractivity contribution in [3.8, 4) is 0 Å². The molecular weight excluding hydrogens is 198 g/mol. The third-order valence-electron chi connectivity index (χ3n) is 2.36. The lowest BCUT2D eigenvalue weighted by atomic mass is 10.1. The van der Waals surface area contributed by atoms with Gasteiger partial charge in [0.1, 0.15) is 0 Å². The van der Waals surface area contributed by atoms with Crippen LogP contribution in [0.25, 0.3) is 0 Å². The summed E-state index contributed by atoms with van der Waals surface area (Å²) in [4.78, 5) is 11.4. The molecule has 0 aliphatic rings. The van der Waals surface area contributed by atoms with Gasteiger partial charge < -0.3 is 5.32 Å².